The van der Waals surface area contributed by atoms with E-state index in [0.29, 0.717) is 31.5 Å². The summed E-state index contributed by atoms with van der Waals surface area (Å²) in [6, 6.07) is 0.707. The molecule has 0 fully saturated rings. The van der Waals surface area contributed by atoms with Gasteiger partial charge in [-0.3, -0.25) is 4.79 Å². The molecule has 0 bridgehead atoms. The van der Waals surface area contributed by atoms with E-state index in [1.807, 2.05) is 0 Å². The Morgan fingerprint density at radius 1 is 1.38 bits per heavy atom. The fourth-order valence-corrected chi connectivity index (χ4v) is 2.01. The number of nitrogens with zero attached hydrogens (tertiary/aromatic N) is 2. The first-order chi connectivity index (χ1) is 9.79. The summed E-state index contributed by atoms with van der Waals surface area (Å²) in [5.74, 6) is -0.507. The third kappa shape index (κ3) is 3.60. The van der Waals surface area contributed by atoms with Crippen molar-refractivity contribution in [3.63, 3.8) is 0 Å². The fraction of sp³-hybridized carbons (Fsp3) is 0.308. The highest BCUT2D eigenvalue weighted by Crippen LogP contribution is 2.33. The van der Waals surface area contributed by atoms with Crippen molar-refractivity contribution >= 4 is 29.4 Å². The number of aliphatic hydroxyl groups is 1. The Morgan fingerprint density at radius 2 is 2.10 bits per heavy atom. The van der Waals surface area contributed by atoms with Crippen LogP contribution in [0, 0.1) is 0 Å². The predicted molar refractivity (Wildman–Crippen MR) is 70.9 cm³/mol. The van der Waals surface area contributed by atoms with Crippen molar-refractivity contribution in [2.24, 2.45) is 4.99 Å². The summed E-state index contributed by atoms with van der Waals surface area (Å²) < 4.78 is 37.4. The predicted octanol–water partition coefficient (Wildman–Crippen LogP) is 4.02. The Labute approximate surface area is 123 Å². The van der Waals surface area contributed by atoms with Gasteiger partial charge in [-0.25, -0.2) is 9.98 Å². The third-order valence-corrected chi connectivity index (χ3v) is 3.17. The number of aliphatic hydroxyl groups excluding tert-OH is 1. The van der Waals surface area contributed by atoms with E-state index in [-0.39, 0.29) is 28.0 Å². The number of hydrogen-bond acceptors (Lipinski definition) is 4. The van der Waals surface area contributed by atoms with Crippen molar-refractivity contribution in [3.8, 4) is 0 Å². The second-order valence-corrected chi connectivity index (χ2v) is 4.83. The van der Waals surface area contributed by atoms with Crippen molar-refractivity contribution in [1.29, 1.82) is 0 Å². The Hall–Kier alpha value is -1.89. The molecule has 0 unspecified atom stereocenters. The molecule has 0 atom stereocenters. The molecule has 0 amide bonds. The number of carbonyl (C=O) groups is 1. The van der Waals surface area contributed by atoms with Gasteiger partial charge in [-0.2, -0.15) is 13.2 Å². The van der Waals surface area contributed by atoms with Gasteiger partial charge in [0.15, 0.2) is 11.6 Å². The summed E-state index contributed by atoms with van der Waals surface area (Å²) in [6.45, 7) is 0. The van der Waals surface area contributed by atoms with E-state index < -0.39 is 11.7 Å². The molecule has 0 radical (unpaired) electrons. The van der Waals surface area contributed by atoms with E-state index >= 15 is 0 Å². The Balaban J connectivity index is 2.28. The average Bonchev–Trinajstić information content (AvgIpc) is 2.38. The van der Waals surface area contributed by atoms with Crippen LogP contribution in [0.3, 0.4) is 0 Å². The highest BCUT2D eigenvalue weighted by molar-refractivity contribution is 6.33. The summed E-state index contributed by atoms with van der Waals surface area (Å²) in [4.78, 5) is 18.9. The number of ketones is 1. The molecular weight excluding hydrogens is 309 g/mol. The number of aliphatic imine (C=N–C) groups is 1. The number of halogens is 4. The minimum absolute atomic E-state index is 0.0408. The molecule has 1 aliphatic rings. The lowest BCUT2D eigenvalue weighted by molar-refractivity contribution is -0.137. The number of aromatic nitrogens is 1. The van der Waals surface area contributed by atoms with Crippen LogP contribution in [-0.4, -0.2) is 22.1 Å². The topological polar surface area (TPSA) is 62.5 Å². The summed E-state index contributed by atoms with van der Waals surface area (Å²) >= 11 is 5.69. The van der Waals surface area contributed by atoms with Gasteiger partial charge >= 0.3 is 6.18 Å². The SMILES string of the molecule is O=C1CCCC(O)=C1/C=N/c1ncc(C(F)(F)F)cc1Cl. The first-order valence-corrected chi connectivity index (χ1v) is 6.39. The second-order valence-electron chi connectivity index (χ2n) is 4.42. The number of carbonyl (C=O) groups excluding carboxylic acids is 1. The minimum atomic E-state index is -4.54. The van der Waals surface area contributed by atoms with Crippen LogP contribution in [-0.2, 0) is 11.0 Å². The van der Waals surface area contributed by atoms with Crippen LogP contribution in [0.15, 0.2) is 28.6 Å². The number of Topliss-reactive ketones (excluding diaryl/α,β-unsaturated/α-hetero) is 1. The Kier molecular flexibility index (Phi) is 4.32. The van der Waals surface area contributed by atoms with E-state index in [9.17, 15) is 23.1 Å². The first kappa shape index (κ1) is 15.5. The maximum atomic E-state index is 12.5. The monoisotopic (exact) mass is 318 g/mol. The number of rotatable bonds is 2. The summed E-state index contributed by atoms with van der Waals surface area (Å²) in [6.07, 6.45) is -1.64. The molecule has 1 heterocycles. The minimum Gasteiger partial charge on any atom is -0.512 e. The van der Waals surface area contributed by atoms with Crippen LogP contribution >= 0.6 is 11.6 Å². The van der Waals surface area contributed by atoms with E-state index in [1.54, 1.807) is 0 Å². The van der Waals surface area contributed by atoms with Crippen molar-refractivity contribution < 1.29 is 23.1 Å². The summed E-state index contributed by atoms with van der Waals surface area (Å²) in [7, 11) is 0. The van der Waals surface area contributed by atoms with Gasteiger partial charge in [-0.1, -0.05) is 11.6 Å². The third-order valence-electron chi connectivity index (χ3n) is 2.89. The molecule has 1 aliphatic carbocycles. The van der Waals surface area contributed by atoms with Crippen molar-refractivity contribution in [2.45, 2.75) is 25.4 Å². The van der Waals surface area contributed by atoms with Crippen LogP contribution in [0.25, 0.3) is 0 Å². The zero-order chi connectivity index (χ0) is 15.6. The highest BCUT2D eigenvalue weighted by Gasteiger charge is 2.31. The van der Waals surface area contributed by atoms with Crippen LogP contribution < -0.4 is 0 Å². The van der Waals surface area contributed by atoms with Gasteiger partial charge in [0.2, 0.25) is 0 Å². The van der Waals surface area contributed by atoms with Gasteiger partial charge in [-0.15, -0.1) is 0 Å². The largest absolute Gasteiger partial charge is 0.512 e. The van der Waals surface area contributed by atoms with Crippen molar-refractivity contribution in [3.05, 3.63) is 34.2 Å². The van der Waals surface area contributed by atoms with Crippen LogP contribution in [0.1, 0.15) is 24.8 Å². The van der Waals surface area contributed by atoms with Crippen LogP contribution in [0.2, 0.25) is 5.02 Å². The number of pyridine rings is 1. The fourth-order valence-electron chi connectivity index (χ4n) is 1.80. The smallest absolute Gasteiger partial charge is 0.417 e. The second kappa shape index (κ2) is 5.85. The molecular formula is C13H10ClF3N2O2. The van der Waals surface area contributed by atoms with Crippen molar-refractivity contribution in [1.82, 2.24) is 4.98 Å². The molecule has 112 valence electrons. The van der Waals surface area contributed by atoms with Gasteiger partial charge < -0.3 is 5.11 Å². The Bertz CT molecular complexity index is 639. The van der Waals surface area contributed by atoms with E-state index in [1.165, 1.54) is 0 Å². The van der Waals surface area contributed by atoms with Gasteiger partial charge in [0.1, 0.15) is 5.76 Å². The van der Waals surface area contributed by atoms with E-state index in [2.05, 4.69) is 9.98 Å². The number of allylic oxidation sites excluding steroid dienone is 2. The van der Waals surface area contributed by atoms with Crippen LogP contribution in [0.5, 0.6) is 0 Å². The molecule has 0 aliphatic heterocycles. The molecule has 1 aromatic rings. The molecule has 21 heavy (non-hydrogen) atoms. The molecule has 4 nitrogen and oxygen atoms in total. The lowest BCUT2D eigenvalue weighted by atomic mass is 9.97. The van der Waals surface area contributed by atoms with Gasteiger partial charge in [0, 0.05) is 25.3 Å². The quantitative estimate of drug-likeness (QED) is 0.838. The lowest BCUT2D eigenvalue weighted by Gasteiger charge is -2.11. The molecule has 2 rings (SSSR count). The van der Waals surface area contributed by atoms with E-state index in [0.717, 1.165) is 6.21 Å². The summed E-state index contributed by atoms with van der Waals surface area (Å²) in [5.41, 5.74) is -0.943. The highest BCUT2D eigenvalue weighted by atomic mass is 35.5. The summed E-state index contributed by atoms with van der Waals surface area (Å²) in [5, 5.41) is 9.32. The van der Waals surface area contributed by atoms with Gasteiger partial charge in [0.05, 0.1) is 16.2 Å². The molecule has 8 heteroatoms. The van der Waals surface area contributed by atoms with Gasteiger partial charge in [-0.05, 0) is 12.5 Å². The normalized spacial score (nSPS) is 16.9. The van der Waals surface area contributed by atoms with Crippen LogP contribution in [0.4, 0.5) is 19.0 Å². The average molecular weight is 319 g/mol. The molecule has 0 saturated carbocycles. The van der Waals surface area contributed by atoms with E-state index in [4.69, 9.17) is 11.6 Å². The first-order valence-electron chi connectivity index (χ1n) is 6.01. The molecule has 0 aromatic carbocycles. The zero-order valence-corrected chi connectivity index (χ0v) is 11.4. The molecule has 1 aromatic heterocycles. The molecule has 1 N–H and O–H groups in total. The Morgan fingerprint density at radius 3 is 2.67 bits per heavy atom. The maximum absolute atomic E-state index is 12.5. The number of alkyl halides is 3. The molecule has 0 spiro atoms. The molecule has 0 saturated heterocycles. The zero-order valence-electron chi connectivity index (χ0n) is 10.6. The lowest BCUT2D eigenvalue weighted by Crippen LogP contribution is -2.12. The van der Waals surface area contributed by atoms with Crippen molar-refractivity contribution in [2.75, 3.05) is 0 Å². The number of hydrogen-bond donors (Lipinski definition) is 1. The maximum Gasteiger partial charge on any atom is 0.417 e. The van der Waals surface area contributed by atoms with Gasteiger partial charge in [0.25, 0.3) is 0 Å². The standard InChI is InChI=1S/C13H10ClF3N2O2/c14-9-4-7(13(15,16)17)5-18-12(9)19-6-8-10(20)2-1-3-11(8)21/h4-6,20H,1-3H2/b19-6+.